The van der Waals surface area contributed by atoms with Gasteiger partial charge < -0.3 is 0 Å². The van der Waals surface area contributed by atoms with Crippen molar-refractivity contribution in [2.24, 2.45) is 4.99 Å². The van der Waals surface area contributed by atoms with Crippen LogP contribution in [-0.2, 0) is 0 Å². The van der Waals surface area contributed by atoms with Crippen LogP contribution in [0.3, 0.4) is 0 Å². The van der Waals surface area contributed by atoms with E-state index in [-0.39, 0.29) is 13.2 Å². The molecular formula is C5H7F3N2. The molecule has 5 heteroatoms. The van der Waals surface area contributed by atoms with Gasteiger partial charge in [0.1, 0.15) is 5.71 Å². The van der Waals surface area contributed by atoms with Crippen molar-refractivity contribution >= 4 is 5.71 Å². The van der Waals surface area contributed by atoms with E-state index in [1.54, 1.807) is 7.05 Å². The highest BCUT2D eigenvalue weighted by molar-refractivity contribution is 5.92. The van der Waals surface area contributed by atoms with Crippen molar-refractivity contribution in [1.29, 1.82) is 0 Å². The molecule has 2 nitrogen and oxygen atoms in total. The van der Waals surface area contributed by atoms with E-state index in [9.17, 15) is 13.2 Å². The Balaban J connectivity index is 2.60. The molecule has 0 aliphatic carbocycles. The predicted molar refractivity (Wildman–Crippen MR) is 31.0 cm³/mol. The van der Waals surface area contributed by atoms with E-state index in [1.165, 1.54) is 4.90 Å². The van der Waals surface area contributed by atoms with E-state index in [4.69, 9.17) is 0 Å². The quantitative estimate of drug-likeness (QED) is 0.503. The van der Waals surface area contributed by atoms with Gasteiger partial charge in [0.05, 0.1) is 6.67 Å². The molecular weight excluding hydrogens is 145 g/mol. The van der Waals surface area contributed by atoms with Gasteiger partial charge in [0.15, 0.2) is 0 Å². The topological polar surface area (TPSA) is 15.6 Å². The Morgan fingerprint density at radius 2 is 2.10 bits per heavy atom. The summed E-state index contributed by atoms with van der Waals surface area (Å²) in [5, 5.41) is 0. The van der Waals surface area contributed by atoms with E-state index in [0.29, 0.717) is 0 Å². The first-order valence-corrected chi connectivity index (χ1v) is 2.79. The van der Waals surface area contributed by atoms with Crippen LogP contribution in [0.2, 0.25) is 0 Å². The van der Waals surface area contributed by atoms with E-state index in [0.717, 1.165) is 0 Å². The SMILES string of the molecule is CN1CN=C(C(F)(F)F)C1. The van der Waals surface area contributed by atoms with Crippen molar-refractivity contribution < 1.29 is 13.2 Å². The summed E-state index contributed by atoms with van der Waals surface area (Å²) in [5.41, 5.74) is -0.671. The molecule has 0 aromatic heterocycles. The molecule has 1 aliphatic heterocycles. The second-order valence-electron chi connectivity index (χ2n) is 2.26. The molecule has 0 atom stereocenters. The fourth-order valence-corrected chi connectivity index (χ4v) is 0.741. The molecule has 0 saturated carbocycles. The summed E-state index contributed by atoms with van der Waals surface area (Å²) in [6.45, 7) is 0.0817. The van der Waals surface area contributed by atoms with Crippen molar-refractivity contribution in [2.45, 2.75) is 6.18 Å². The van der Waals surface area contributed by atoms with E-state index < -0.39 is 11.9 Å². The first kappa shape index (κ1) is 7.53. The highest BCUT2D eigenvalue weighted by Gasteiger charge is 2.37. The third kappa shape index (κ3) is 1.47. The number of hydrogen-bond donors (Lipinski definition) is 0. The summed E-state index contributed by atoms with van der Waals surface area (Å²) < 4.78 is 35.3. The molecule has 1 rings (SSSR count). The Kier molecular flexibility index (Phi) is 1.68. The van der Waals surface area contributed by atoms with Crippen LogP contribution in [0.15, 0.2) is 4.99 Å². The summed E-state index contributed by atoms with van der Waals surface area (Å²) in [4.78, 5) is 4.81. The molecule has 0 bridgehead atoms. The van der Waals surface area contributed by atoms with Crippen LogP contribution in [-0.4, -0.2) is 37.0 Å². The molecule has 58 valence electrons. The molecule has 0 spiro atoms. The van der Waals surface area contributed by atoms with Crippen molar-refractivity contribution in [2.75, 3.05) is 20.3 Å². The van der Waals surface area contributed by atoms with Crippen LogP contribution >= 0.6 is 0 Å². The van der Waals surface area contributed by atoms with Gasteiger partial charge in [0, 0.05) is 6.54 Å². The molecule has 10 heavy (non-hydrogen) atoms. The second kappa shape index (κ2) is 2.23. The van der Waals surface area contributed by atoms with Gasteiger partial charge in [-0.3, -0.25) is 9.89 Å². The van der Waals surface area contributed by atoms with E-state index >= 15 is 0 Å². The van der Waals surface area contributed by atoms with Gasteiger partial charge in [-0.15, -0.1) is 0 Å². The van der Waals surface area contributed by atoms with E-state index in [2.05, 4.69) is 4.99 Å². The summed E-state index contributed by atoms with van der Waals surface area (Å²) in [7, 11) is 1.60. The van der Waals surface area contributed by atoms with Gasteiger partial charge in [-0.25, -0.2) is 0 Å². The van der Waals surface area contributed by atoms with Crippen LogP contribution in [0, 0.1) is 0 Å². The lowest BCUT2D eigenvalue weighted by atomic mass is 10.4. The third-order valence-corrected chi connectivity index (χ3v) is 1.25. The average molecular weight is 152 g/mol. The molecule has 0 fully saturated rings. The number of rotatable bonds is 0. The second-order valence-corrected chi connectivity index (χ2v) is 2.26. The lowest BCUT2D eigenvalue weighted by Crippen LogP contribution is -2.28. The summed E-state index contributed by atoms with van der Waals surface area (Å²) in [6, 6.07) is 0. The highest BCUT2D eigenvalue weighted by Crippen LogP contribution is 2.20. The molecule has 0 amide bonds. The smallest absolute Gasteiger partial charge is 0.282 e. The van der Waals surface area contributed by atoms with Crippen LogP contribution in [0.1, 0.15) is 0 Å². The summed E-state index contributed by atoms with van der Waals surface area (Å²) in [6.07, 6.45) is -4.23. The molecule has 0 aromatic rings. The largest absolute Gasteiger partial charge is 0.430 e. The fraction of sp³-hybridized carbons (Fsp3) is 0.800. The zero-order valence-corrected chi connectivity index (χ0v) is 5.44. The maximum Gasteiger partial charge on any atom is 0.430 e. The van der Waals surface area contributed by atoms with Crippen LogP contribution < -0.4 is 0 Å². The Morgan fingerprint density at radius 3 is 2.30 bits per heavy atom. The molecule has 1 heterocycles. The first-order valence-electron chi connectivity index (χ1n) is 2.79. The fourth-order valence-electron chi connectivity index (χ4n) is 0.741. The number of halogens is 3. The van der Waals surface area contributed by atoms with Crippen molar-refractivity contribution in [3.05, 3.63) is 0 Å². The zero-order valence-electron chi connectivity index (χ0n) is 5.44. The standard InChI is InChI=1S/C5H7F3N2/c1-10-2-4(9-3-10)5(6,7)8/h2-3H2,1H3. The number of hydrogen-bond acceptors (Lipinski definition) is 2. The van der Waals surface area contributed by atoms with Gasteiger partial charge in [0.25, 0.3) is 0 Å². The van der Waals surface area contributed by atoms with Crippen LogP contribution in [0.4, 0.5) is 13.2 Å². The van der Waals surface area contributed by atoms with Crippen LogP contribution in [0.5, 0.6) is 0 Å². The minimum atomic E-state index is -4.23. The number of aliphatic imine (C=N–C) groups is 1. The van der Waals surface area contributed by atoms with Crippen molar-refractivity contribution in [3.8, 4) is 0 Å². The number of alkyl halides is 3. The normalized spacial score (nSPS) is 21.4. The maximum absolute atomic E-state index is 11.8. The highest BCUT2D eigenvalue weighted by atomic mass is 19.4. The monoisotopic (exact) mass is 152 g/mol. The lowest BCUT2D eigenvalue weighted by molar-refractivity contribution is -0.0598. The molecule has 1 aliphatic rings. The minimum absolute atomic E-state index is 0.0799. The maximum atomic E-state index is 11.8. The summed E-state index contributed by atoms with van der Waals surface area (Å²) in [5.74, 6) is 0. The Hall–Kier alpha value is -0.580. The first-order chi connectivity index (χ1) is 4.50. The number of nitrogens with zero attached hydrogens (tertiary/aromatic N) is 2. The lowest BCUT2D eigenvalue weighted by Gasteiger charge is -2.06. The van der Waals surface area contributed by atoms with Crippen LogP contribution in [0.25, 0.3) is 0 Å². The van der Waals surface area contributed by atoms with E-state index in [1.807, 2.05) is 0 Å². The Morgan fingerprint density at radius 1 is 1.50 bits per heavy atom. The molecule has 0 N–H and O–H groups in total. The average Bonchev–Trinajstić information content (AvgIpc) is 2.11. The van der Waals surface area contributed by atoms with Gasteiger partial charge in [-0.2, -0.15) is 13.2 Å². The van der Waals surface area contributed by atoms with Gasteiger partial charge >= 0.3 is 6.18 Å². The summed E-state index contributed by atoms with van der Waals surface area (Å²) >= 11 is 0. The van der Waals surface area contributed by atoms with Crippen molar-refractivity contribution in [3.63, 3.8) is 0 Å². The molecule has 0 unspecified atom stereocenters. The molecule has 0 saturated heterocycles. The zero-order chi connectivity index (χ0) is 7.78. The molecule has 0 radical (unpaired) electrons. The Labute approximate surface area is 56.3 Å². The third-order valence-electron chi connectivity index (χ3n) is 1.25. The van der Waals surface area contributed by atoms with Gasteiger partial charge in [-0.1, -0.05) is 0 Å². The van der Waals surface area contributed by atoms with Gasteiger partial charge in [-0.05, 0) is 7.05 Å². The van der Waals surface area contributed by atoms with Crippen molar-refractivity contribution in [1.82, 2.24) is 4.90 Å². The predicted octanol–water partition coefficient (Wildman–Crippen LogP) is 0.893. The molecule has 0 aromatic carbocycles. The van der Waals surface area contributed by atoms with Gasteiger partial charge in [0.2, 0.25) is 0 Å². The Bertz CT molecular complexity index is 161. The minimum Gasteiger partial charge on any atom is -0.282 e.